The van der Waals surface area contributed by atoms with E-state index in [1.54, 1.807) is 0 Å². The van der Waals surface area contributed by atoms with Crippen molar-refractivity contribution in [3.05, 3.63) is 53.3 Å². The van der Waals surface area contributed by atoms with Crippen LogP contribution < -0.4 is 0 Å². The van der Waals surface area contributed by atoms with Crippen molar-refractivity contribution in [3.63, 3.8) is 0 Å². The smallest absolute Gasteiger partial charge is 0.223 e. The molecule has 1 atom stereocenters. The molecule has 5 heteroatoms. The highest BCUT2D eigenvalue weighted by molar-refractivity contribution is 5.76. The second-order valence-corrected chi connectivity index (χ2v) is 8.03. The summed E-state index contributed by atoms with van der Waals surface area (Å²) in [5, 5.41) is 4.50. The molecule has 2 aromatic rings. The Hall–Kier alpha value is -2.14. The number of fused-ring (bicyclic) bond motifs is 2. The van der Waals surface area contributed by atoms with Gasteiger partial charge < -0.3 is 9.80 Å². The van der Waals surface area contributed by atoms with E-state index in [0.29, 0.717) is 24.8 Å². The van der Waals surface area contributed by atoms with Crippen LogP contribution in [0.15, 0.2) is 36.5 Å². The number of amides is 1. The van der Waals surface area contributed by atoms with Gasteiger partial charge in [-0.2, -0.15) is 5.10 Å². The first-order valence-electron chi connectivity index (χ1n) is 9.62. The van der Waals surface area contributed by atoms with Gasteiger partial charge in [-0.1, -0.05) is 24.3 Å². The number of rotatable bonds is 5. The zero-order valence-corrected chi connectivity index (χ0v) is 15.8. The Morgan fingerprint density at radius 2 is 1.92 bits per heavy atom. The average Bonchev–Trinajstić information content (AvgIpc) is 3.25. The molecule has 0 bridgehead atoms. The predicted molar refractivity (Wildman–Crippen MR) is 102 cm³/mol. The van der Waals surface area contributed by atoms with Crippen molar-refractivity contribution in [2.45, 2.75) is 38.3 Å². The summed E-state index contributed by atoms with van der Waals surface area (Å²) in [6.07, 6.45) is 5.61. The van der Waals surface area contributed by atoms with Gasteiger partial charge in [0.1, 0.15) is 0 Å². The summed E-state index contributed by atoms with van der Waals surface area (Å²) in [6.45, 7) is 2.47. The third kappa shape index (κ3) is 3.54. The highest BCUT2D eigenvalue weighted by Gasteiger charge is 2.31. The van der Waals surface area contributed by atoms with Crippen LogP contribution in [0.2, 0.25) is 0 Å². The topological polar surface area (TPSA) is 41.4 Å². The molecule has 1 aliphatic heterocycles. The van der Waals surface area contributed by atoms with Gasteiger partial charge in [0.05, 0.1) is 18.3 Å². The molecule has 1 aromatic heterocycles. The van der Waals surface area contributed by atoms with Crippen molar-refractivity contribution in [1.29, 1.82) is 0 Å². The summed E-state index contributed by atoms with van der Waals surface area (Å²) in [7, 11) is 4.18. The first-order chi connectivity index (χ1) is 12.6. The van der Waals surface area contributed by atoms with Gasteiger partial charge >= 0.3 is 0 Å². The molecule has 1 amide bonds. The molecule has 0 N–H and O–H groups in total. The average molecular weight is 352 g/mol. The van der Waals surface area contributed by atoms with Gasteiger partial charge in [-0.3, -0.25) is 9.48 Å². The maximum absolute atomic E-state index is 13.0. The van der Waals surface area contributed by atoms with Crippen molar-refractivity contribution >= 4 is 5.91 Å². The fraction of sp³-hybridized carbons (Fsp3) is 0.524. The minimum atomic E-state index is 0.279. The molecular weight excluding hydrogens is 324 g/mol. The number of aromatic nitrogens is 2. The molecule has 1 aromatic carbocycles. The first-order valence-corrected chi connectivity index (χ1v) is 9.62. The van der Waals surface area contributed by atoms with E-state index in [9.17, 15) is 4.79 Å². The van der Waals surface area contributed by atoms with E-state index in [4.69, 9.17) is 0 Å². The van der Waals surface area contributed by atoms with Gasteiger partial charge in [0.2, 0.25) is 5.91 Å². The van der Waals surface area contributed by atoms with Crippen LogP contribution in [0.5, 0.6) is 0 Å². The largest absolute Gasteiger partial charge is 0.335 e. The van der Waals surface area contributed by atoms with Crippen molar-refractivity contribution in [3.8, 4) is 0 Å². The van der Waals surface area contributed by atoms with Gasteiger partial charge in [0.15, 0.2) is 0 Å². The van der Waals surface area contributed by atoms with Crippen molar-refractivity contribution in [1.82, 2.24) is 19.6 Å². The first kappa shape index (κ1) is 17.3. The summed E-state index contributed by atoms with van der Waals surface area (Å²) >= 11 is 0. The minimum absolute atomic E-state index is 0.279. The summed E-state index contributed by atoms with van der Waals surface area (Å²) in [5.41, 5.74) is 4.00. The number of carbonyl (C=O) groups is 1. The second kappa shape index (κ2) is 7.23. The van der Waals surface area contributed by atoms with E-state index in [2.05, 4.69) is 57.9 Å². The van der Waals surface area contributed by atoms with E-state index < -0.39 is 0 Å². The van der Waals surface area contributed by atoms with Crippen LogP contribution in [0.4, 0.5) is 0 Å². The fourth-order valence-electron chi connectivity index (χ4n) is 4.37. The monoisotopic (exact) mass is 352 g/mol. The maximum atomic E-state index is 13.0. The second-order valence-electron chi connectivity index (χ2n) is 8.03. The molecule has 5 nitrogen and oxygen atoms in total. The quantitative estimate of drug-likeness (QED) is 0.830. The molecule has 26 heavy (non-hydrogen) atoms. The van der Waals surface area contributed by atoms with Crippen LogP contribution in [0.3, 0.4) is 0 Å². The lowest BCUT2D eigenvalue weighted by molar-refractivity contribution is -0.134. The van der Waals surface area contributed by atoms with Gasteiger partial charge in [-0.05, 0) is 63.0 Å². The number of nitrogens with zero attached hydrogens (tertiary/aromatic N) is 4. The molecule has 0 radical (unpaired) electrons. The SMILES string of the molecule is CN(C)CC[C@@H]1CN(C(=O)CC2Cc3ccccc3C2)Cc2ccnn21. The molecule has 4 rings (SSSR count). The van der Waals surface area contributed by atoms with Crippen LogP contribution in [0.25, 0.3) is 0 Å². The summed E-state index contributed by atoms with van der Waals surface area (Å²) in [4.78, 5) is 17.3. The van der Waals surface area contributed by atoms with E-state index in [1.807, 2.05) is 12.3 Å². The molecule has 0 saturated carbocycles. The zero-order chi connectivity index (χ0) is 18.1. The number of carbonyl (C=O) groups excluding carboxylic acids is 1. The molecule has 1 aliphatic carbocycles. The summed E-state index contributed by atoms with van der Waals surface area (Å²) in [5.74, 6) is 0.747. The van der Waals surface area contributed by atoms with Crippen molar-refractivity contribution in [2.24, 2.45) is 5.92 Å². The van der Waals surface area contributed by atoms with E-state index in [0.717, 1.165) is 38.0 Å². The van der Waals surface area contributed by atoms with E-state index in [1.165, 1.54) is 11.1 Å². The van der Waals surface area contributed by atoms with Crippen LogP contribution in [-0.2, 0) is 24.2 Å². The summed E-state index contributed by atoms with van der Waals surface area (Å²) in [6, 6.07) is 10.9. The van der Waals surface area contributed by atoms with Crippen LogP contribution in [-0.4, -0.2) is 52.7 Å². The van der Waals surface area contributed by atoms with E-state index in [-0.39, 0.29) is 6.04 Å². The minimum Gasteiger partial charge on any atom is -0.335 e. The summed E-state index contributed by atoms with van der Waals surface area (Å²) < 4.78 is 2.12. The fourth-order valence-corrected chi connectivity index (χ4v) is 4.37. The Morgan fingerprint density at radius 3 is 2.62 bits per heavy atom. The molecule has 0 saturated heterocycles. The van der Waals surface area contributed by atoms with Crippen LogP contribution in [0.1, 0.15) is 35.7 Å². The van der Waals surface area contributed by atoms with Crippen LogP contribution in [0, 0.1) is 5.92 Å². The Kier molecular flexibility index (Phi) is 4.81. The molecule has 138 valence electrons. The molecule has 2 aliphatic rings. The van der Waals surface area contributed by atoms with Crippen molar-refractivity contribution < 1.29 is 4.79 Å². The number of hydrogen-bond donors (Lipinski definition) is 0. The molecule has 2 heterocycles. The van der Waals surface area contributed by atoms with Gasteiger partial charge in [0, 0.05) is 19.2 Å². The Labute approximate surface area is 155 Å². The molecular formula is C21H28N4O. The lowest BCUT2D eigenvalue weighted by Gasteiger charge is -2.35. The normalized spacial score (nSPS) is 19.7. The Morgan fingerprint density at radius 1 is 1.19 bits per heavy atom. The van der Waals surface area contributed by atoms with Gasteiger partial charge in [0.25, 0.3) is 0 Å². The number of hydrogen-bond acceptors (Lipinski definition) is 3. The zero-order valence-electron chi connectivity index (χ0n) is 15.8. The third-order valence-electron chi connectivity index (χ3n) is 5.74. The van der Waals surface area contributed by atoms with Crippen LogP contribution >= 0.6 is 0 Å². The molecule has 0 spiro atoms. The van der Waals surface area contributed by atoms with Crippen molar-refractivity contribution in [2.75, 3.05) is 27.2 Å². The number of benzene rings is 1. The Bertz CT molecular complexity index is 757. The highest BCUT2D eigenvalue weighted by Crippen LogP contribution is 2.30. The highest BCUT2D eigenvalue weighted by atomic mass is 16.2. The standard InChI is InChI=1S/C21H28N4O/c1-23(2)10-8-20-15-24(14-19-7-9-22-25(19)20)21(26)13-16-11-17-5-3-4-6-18(17)12-16/h3-7,9,16,20H,8,10-15H2,1-2H3/t20-/m1/s1. The van der Waals surface area contributed by atoms with Gasteiger partial charge in [-0.25, -0.2) is 0 Å². The molecule has 0 fully saturated rings. The maximum Gasteiger partial charge on any atom is 0.223 e. The van der Waals surface area contributed by atoms with E-state index >= 15 is 0 Å². The lowest BCUT2D eigenvalue weighted by atomic mass is 10.0. The third-order valence-corrected chi connectivity index (χ3v) is 5.74. The predicted octanol–water partition coefficient (Wildman–Crippen LogP) is 2.52. The molecule has 0 unspecified atom stereocenters. The lowest BCUT2D eigenvalue weighted by Crippen LogP contribution is -2.42. The van der Waals surface area contributed by atoms with Gasteiger partial charge in [-0.15, -0.1) is 0 Å². The Balaban J connectivity index is 1.41.